The van der Waals surface area contributed by atoms with Gasteiger partial charge in [-0.1, -0.05) is 327 Å². The Bertz CT molecular complexity index is 1300. The first kappa shape index (κ1) is 75.6. The normalized spacial score (nSPS) is 12.2. The van der Waals surface area contributed by atoms with Gasteiger partial charge in [-0.05, 0) is 77.0 Å². The van der Waals surface area contributed by atoms with E-state index >= 15 is 0 Å². The maximum atomic E-state index is 12.8. The average Bonchev–Trinajstić information content (AvgIpc) is 3.44. The van der Waals surface area contributed by atoms with Crippen LogP contribution in [0.1, 0.15) is 387 Å². The highest BCUT2D eigenvalue weighted by Gasteiger charge is 2.19. The molecule has 0 aliphatic rings. The van der Waals surface area contributed by atoms with E-state index in [0.29, 0.717) is 19.3 Å². The zero-order chi connectivity index (χ0) is 56.4. The summed E-state index contributed by atoms with van der Waals surface area (Å²) in [6, 6.07) is 0. The van der Waals surface area contributed by atoms with Crippen LogP contribution in [0.2, 0.25) is 0 Å². The van der Waals surface area contributed by atoms with Crippen molar-refractivity contribution in [3.05, 3.63) is 36.5 Å². The lowest BCUT2D eigenvalue weighted by Crippen LogP contribution is -2.30. The second kappa shape index (κ2) is 67.1. The molecule has 0 rings (SSSR count). The van der Waals surface area contributed by atoms with Gasteiger partial charge in [0, 0.05) is 19.3 Å². The topological polar surface area (TPSA) is 78.9 Å². The maximum Gasteiger partial charge on any atom is 0.306 e. The molecule has 0 spiro atoms. The standard InChI is InChI=1S/C72H134O6/c1-4-7-10-13-16-18-20-22-24-26-28-29-30-31-32-33-34-35-36-37-38-39-40-41-42-43-45-46-48-50-52-54-56-59-62-65-71(74)77-68-69(67-76-70(73)64-61-58-15-12-9-6-3)78-72(75)66-63-60-57-55-53-51-49-47-44-27-25-23-21-19-17-14-11-8-5-2/h17,19,23,25-26,28,69H,4-16,18,20-22,24,27,29-68H2,1-3H3/b19-17-,25-23-,28-26-. The first-order valence-electron chi connectivity index (χ1n) is 35.0. The third kappa shape index (κ3) is 64.5. The number of rotatable bonds is 65. The molecule has 6 heteroatoms. The quantitative estimate of drug-likeness (QED) is 0.0261. The van der Waals surface area contributed by atoms with Crippen molar-refractivity contribution in [3.8, 4) is 0 Å². The van der Waals surface area contributed by atoms with Crippen LogP contribution in [0.5, 0.6) is 0 Å². The SMILES string of the molecule is CCCCC/C=C\C/C=C\CCCCCCCCCCCC(=O)OC(COC(=O)CCCCCCCC)COC(=O)CCCCCCCCCCCCCCCCCCCCCCCCC/C=C\CCCCCCCCCC. The van der Waals surface area contributed by atoms with E-state index in [4.69, 9.17) is 14.2 Å². The Kier molecular flexibility index (Phi) is 65.1. The second-order valence-corrected chi connectivity index (χ2v) is 23.8. The van der Waals surface area contributed by atoms with Crippen LogP contribution in [0.3, 0.4) is 0 Å². The van der Waals surface area contributed by atoms with Gasteiger partial charge in [-0.2, -0.15) is 0 Å². The van der Waals surface area contributed by atoms with Crippen molar-refractivity contribution >= 4 is 17.9 Å². The van der Waals surface area contributed by atoms with Gasteiger partial charge in [0.2, 0.25) is 0 Å². The molecule has 1 atom stereocenters. The molecule has 78 heavy (non-hydrogen) atoms. The van der Waals surface area contributed by atoms with Crippen LogP contribution in [-0.4, -0.2) is 37.2 Å². The fourth-order valence-corrected chi connectivity index (χ4v) is 10.6. The molecular weight excluding hydrogens is 961 g/mol. The lowest BCUT2D eigenvalue weighted by Gasteiger charge is -2.18. The van der Waals surface area contributed by atoms with Crippen molar-refractivity contribution in [3.63, 3.8) is 0 Å². The summed E-state index contributed by atoms with van der Waals surface area (Å²) in [4.78, 5) is 38.0. The van der Waals surface area contributed by atoms with Crippen molar-refractivity contribution in [2.75, 3.05) is 13.2 Å². The van der Waals surface area contributed by atoms with Crippen LogP contribution in [-0.2, 0) is 28.6 Å². The molecule has 0 aliphatic heterocycles. The highest BCUT2D eigenvalue weighted by atomic mass is 16.6. The molecule has 0 aliphatic carbocycles. The molecule has 0 heterocycles. The van der Waals surface area contributed by atoms with E-state index in [9.17, 15) is 14.4 Å². The molecule has 0 aromatic rings. The highest BCUT2D eigenvalue weighted by Crippen LogP contribution is 2.18. The molecule has 0 N–H and O–H groups in total. The molecule has 0 radical (unpaired) electrons. The summed E-state index contributed by atoms with van der Waals surface area (Å²) in [5, 5.41) is 0. The third-order valence-corrected chi connectivity index (χ3v) is 15.9. The molecular formula is C72H134O6. The van der Waals surface area contributed by atoms with Crippen LogP contribution in [0.4, 0.5) is 0 Å². The number of carbonyl (C=O) groups is 3. The minimum Gasteiger partial charge on any atom is -0.462 e. The third-order valence-electron chi connectivity index (χ3n) is 15.9. The van der Waals surface area contributed by atoms with E-state index in [2.05, 4.69) is 57.2 Å². The van der Waals surface area contributed by atoms with E-state index in [1.165, 1.54) is 283 Å². The smallest absolute Gasteiger partial charge is 0.306 e. The van der Waals surface area contributed by atoms with Crippen LogP contribution in [0, 0.1) is 0 Å². The summed E-state index contributed by atoms with van der Waals surface area (Å²) >= 11 is 0. The van der Waals surface area contributed by atoms with E-state index in [1.54, 1.807) is 0 Å². The fraction of sp³-hybridized carbons (Fsp3) is 0.875. The summed E-state index contributed by atoms with van der Waals surface area (Å²) in [6.45, 7) is 6.61. The molecule has 0 aromatic carbocycles. The summed E-state index contributed by atoms with van der Waals surface area (Å²) < 4.78 is 16.8. The van der Waals surface area contributed by atoms with Gasteiger partial charge in [-0.15, -0.1) is 0 Å². The van der Waals surface area contributed by atoms with E-state index in [1.807, 2.05) is 0 Å². The molecule has 0 saturated carbocycles. The van der Waals surface area contributed by atoms with Gasteiger partial charge >= 0.3 is 17.9 Å². The van der Waals surface area contributed by atoms with Crippen LogP contribution >= 0.6 is 0 Å². The van der Waals surface area contributed by atoms with Gasteiger partial charge in [0.1, 0.15) is 13.2 Å². The minimum atomic E-state index is -0.769. The Balaban J connectivity index is 3.90. The Morgan fingerprint density at radius 2 is 0.462 bits per heavy atom. The van der Waals surface area contributed by atoms with Crippen LogP contribution in [0.25, 0.3) is 0 Å². The Labute approximate surface area is 486 Å². The van der Waals surface area contributed by atoms with Crippen molar-refractivity contribution in [2.45, 2.75) is 393 Å². The summed E-state index contributed by atoms with van der Waals surface area (Å²) in [6.07, 6.45) is 83.7. The van der Waals surface area contributed by atoms with Crippen molar-refractivity contribution in [1.29, 1.82) is 0 Å². The van der Waals surface area contributed by atoms with Crippen LogP contribution < -0.4 is 0 Å². The monoisotopic (exact) mass is 1100 g/mol. The predicted octanol–water partition coefficient (Wildman–Crippen LogP) is 23.9. The van der Waals surface area contributed by atoms with Crippen molar-refractivity contribution < 1.29 is 28.6 Å². The summed E-state index contributed by atoms with van der Waals surface area (Å²) in [5.41, 5.74) is 0. The molecule has 0 amide bonds. The minimum absolute atomic E-state index is 0.0692. The van der Waals surface area contributed by atoms with E-state index < -0.39 is 6.10 Å². The van der Waals surface area contributed by atoms with Crippen molar-refractivity contribution in [2.24, 2.45) is 0 Å². The van der Waals surface area contributed by atoms with Gasteiger partial charge < -0.3 is 14.2 Å². The zero-order valence-corrected chi connectivity index (χ0v) is 52.7. The number of allylic oxidation sites excluding steroid dienone is 6. The van der Waals surface area contributed by atoms with Gasteiger partial charge in [0.15, 0.2) is 6.10 Å². The second-order valence-electron chi connectivity index (χ2n) is 23.8. The van der Waals surface area contributed by atoms with Gasteiger partial charge in [-0.25, -0.2) is 0 Å². The Hall–Kier alpha value is -2.37. The molecule has 0 bridgehead atoms. The van der Waals surface area contributed by atoms with E-state index in [-0.39, 0.29) is 31.1 Å². The molecule has 0 aromatic heterocycles. The summed E-state index contributed by atoms with van der Waals surface area (Å²) in [7, 11) is 0. The number of hydrogen-bond donors (Lipinski definition) is 0. The van der Waals surface area contributed by atoms with E-state index in [0.717, 1.165) is 64.2 Å². The van der Waals surface area contributed by atoms with Crippen molar-refractivity contribution in [1.82, 2.24) is 0 Å². The summed E-state index contributed by atoms with van der Waals surface area (Å²) in [5.74, 6) is -0.861. The fourth-order valence-electron chi connectivity index (χ4n) is 10.6. The molecule has 0 saturated heterocycles. The zero-order valence-electron chi connectivity index (χ0n) is 52.7. The van der Waals surface area contributed by atoms with Gasteiger partial charge in [0.05, 0.1) is 0 Å². The number of esters is 3. The molecule has 1 unspecified atom stereocenters. The Morgan fingerprint density at radius 3 is 0.744 bits per heavy atom. The number of unbranched alkanes of at least 4 members (excludes halogenated alkanes) is 48. The number of carbonyl (C=O) groups excluding carboxylic acids is 3. The maximum absolute atomic E-state index is 12.8. The molecule has 0 fully saturated rings. The lowest BCUT2D eigenvalue weighted by atomic mass is 10.0. The largest absolute Gasteiger partial charge is 0.462 e. The predicted molar refractivity (Wildman–Crippen MR) is 339 cm³/mol. The lowest BCUT2D eigenvalue weighted by molar-refractivity contribution is -0.167. The molecule has 6 nitrogen and oxygen atoms in total. The molecule has 458 valence electrons. The average molecular weight is 1100 g/mol. The van der Waals surface area contributed by atoms with Gasteiger partial charge in [0.25, 0.3) is 0 Å². The first-order chi connectivity index (χ1) is 38.5. The first-order valence-corrected chi connectivity index (χ1v) is 35.0. The highest BCUT2D eigenvalue weighted by molar-refractivity contribution is 5.71. The van der Waals surface area contributed by atoms with Gasteiger partial charge in [-0.3, -0.25) is 14.4 Å². The Morgan fingerprint density at radius 1 is 0.256 bits per heavy atom. The number of hydrogen-bond acceptors (Lipinski definition) is 6. The van der Waals surface area contributed by atoms with Crippen LogP contribution in [0.15, 0.2) is 36.5 Å². The number of ether oxygens (including phenoxy) is 3.